The molecule has 140 valence electrons. The lowest BCUT2D eigenvalue weighted by atomic mass is 9.92. The second-order valence-corrected chi connectivity index (χ2v) is 7.26. The fourth-order valence-electron chi connectivity index (χ4n) is 3.87. The van der Waals surface area contributed by atoms with Crippen LogP contribution in [-0.2, 0) is 5.66 Å². The highest BCUT2D eigenvalue weighted by atomic mass is 16.5. The van der Waals surface area contributed by atoms with Gasteiger partial charge in [-0.2, -0.15) is 20.4 Å². The van der Waals surface area contributed by atoms with Gasteiger partial charge >= 0.3 is 0 Å². The molecule has 0 N–H and O–H groups in total. The van der Waals surface area contributed by atoms with E-state index in [1.54, 1.807) is 16.7 Å². The Balaban J connectivity index is 1.76. The Morgan fingerprint density at radius 2 is 1.46 bits per heavy atom. The number of hydrogen-bond acceptors (Lipinski definition) is 5. The van der Waals surface area contributed by atoms with Gasteiger partial charge in [-0.25, -0.2) is 0 Å². The van der Waals surface area contributed by atoms with Gasteiger partial charge in [0.15, 0.2) is 0 Å². The van der Waals surface area contributed by atoms with Crippen LogP contribution in [0.25, 0.3) is 22.1 Å². The van der Waals surface area contributed by atoms with E-state index in [9.17, 15) is 0 Å². The average Bonchev–Trinajstić information content (AvgIpc) is 3.31. The van der Waals surface area contributed by atoms with E-state index in [2.05, 4.69) is 26.0 Å². The van der Waals surface area contributed by atoms with Crippen LogP contribution in [0.5, 0.6) is 5.75 Å². The third kappa shape index (κ3) is 2.51. The summed E-state index contributed by atoms with van der Waals surface area (Å²) in [4.78, 5) is 3.48. The SMILES string of the molecule is COc1ccc2nn(C3(n4nc5ccccc5n4)C=C(C)C=C(C)C3)nc2c1. The number of ether oxygens (including phenoxy) is 1. The minimum atomic E-state index is -0.742. The largest absolute Gasteiger partial charge is 0.497 e. The van der Waals surface area contributed by atoms with E-state index in [1.165, 1.54) is 5.57 Å². The zero-order chi connectivity index (χ0) is 19.3. The number of rotatable bonds is 3. The number of allylic oxidation sites excluding steroid dienone is 4. The van der Waals surface area contributed by atoms with Crippen molar-refractivity contribution in [2.45, 2.75) is 25.9 Å². The summed E-state index contributed by atoms with van der Waals surface area (Å²) in [5.41, 5.74) is 4.87. The molecular formula is C21H20N6O. The third-order valence-electron chi connectivity index (χ3n) is 5.04. The summed E-state index contributed by atoms with van der Waals surface area (Å²) in [6, 6.07) is 13.6. The smallest absolute Gasteiger partial charge is 0.214 e. The molecule has 28 heavy (non-hydrogen) atoms. The van der Waals surface area contributed by atoms with Crippen molar-refractivity contribution in [3.05, 3.63) is 65.8 Å². The Morgan fingerprint density at radius 3 is 2.07 bits per heavy atom. The summed E-state index contributed by atoms with van der Waals surface area (Å²) >= 11 is 0. The van der Waals surface area contributed by atoms with Crippen LogP contribution in [0.15, 0.2) is 65.8 Å². The van der Waals surface area contributed by atoms with Crippen LogP contribution < -0.4 is 4.74 Å². The number of benzene rings is 2. The van der Waals surface area contributed by atoms with Crippen molar-refractivity contribution in [1.29, 1.82) is 0 Å². The first-order valence-corrected chi connectivity index (χ1v) is 9.18. The Morgan fingerprint density at radius 1 is 0.857 bits per heavy atom. The van der Waals surface area contributed by atoms with E-state index < -0.39 is 5.66 Å². The first-order valence-electron chi connectivity index (χ1n) is 9.18. The maximum atomic E-state index is 5.33. The molecule has 0 saturated heterocycles. The van der Waals surface area contributed by atoms with E-state index in [0.717, 1.165) is 33.4 Å². The van der Waals surface area contributed by atoms with Gasteiger partial charge in [-0.3, -0.25) is 0 Å². The topological polar surface area (TPSA) is 70.7 Å². The van der Waals surface area contributed by atoms with Crippen LogP contribution in [-0.4, -0.2) is 37.1 Å². The molecular weight excluding hydrogens is 352 g/mol. The number of aromatic nitrogens is 6. The highest BCUT2D eigenvalue weighted by molar-refractivity contribution is 5.75. The van der Waals surface area contributed by atoms with Crippen LogP contribution in [0.2, 0.25) is 0 Å². The van der Waals surface area contributed by atoms with Crippen LogP contribution in [0.1, 0.15) is 20.3 Å². The highest BCUT2D eigenvalue weighted by Crippen LogP contribution is 2.34. The quantitative estimate of drug-likeness (QED) is 0.549. The van der Waals surface area contributed by atoms with E-state index in [1.807, 2.05) is 42.5 Å². The maximum absolute atomic E-state index is 5.33. The molecule has 1 aliphatic carbocycles. The molecule has 5 rings (SSSR count). The van der Waals surface area contributed by atoms with Gasteiger partial charge < -0.3 is 4.74 Å². The molecule has 0 aliphatic heterocycles. The van der Waals surface area contributed by atoms with Crippen molar-refractivity contribution in [2.24, 2.45) is 0 Å². The second-order valence-electron chi connectivity index (χ2n) is 7.26. The Kier molecular flexibility index (Phi) is 3.58. The van der Waals surface area contributed by atoms with Gasteiger partial charge in [0.2, 0.25) is 5.66 Å². The standard InChI is InChI=1S/C21H20N6O/c1-14-10-15(2)13-21(12-14,26-22-17-6-4-5-7-18(17)23-26)27-24-19-9-8-16(28-3)11-20(19)25-27/h4-12H,13H2,1-3H3. The number of nitrogens with zero attached hydrogens (tertiary/aromatic N) is 6. The molecule has 1 unspecified atom stereocenters. The molecule has 1 aliphatic rings. The lowest BCUT2D eigenvalue weighted by Crippen LogP contribution is -2.44. The minimum absolute atomic E-state index is 0.684. The molecule has 7 nitrogen and oxygen atoms in total. The highest BCUT2D eigenvalue weighted by Gasteiger charge is 2.39. The van der Waals surface area contributed by atoms with Crippen molar-refractivity contribution in [1.82, 2.24) is 30.0 Å². The molecule has 4 aromatic rings. The Labute approximate surface area is 161 Å². The third-order valence-corrected chi connectivity index (χ3v) is 5.04. The Hall–Kier alpha value is -3.48. The van der Waals surface area contributed by atoms with Crippen LogP contribution >= 0.6 is 0 Å². The summed E-state index contributed by atoms with van der Waals surface area (Å²) < 4.78 is 5.33. The molecule has 2 aromatic carbocycles. The van der Waals surface area contributed by atoms with Gasteiger partial charge in [0.05, 0.1) is 7.11 Å². The van der Waals surface area contributed by atoms with Gasteiger partial charge in [0.25, 0.3) is 0 Å². The first-order chi connectivity index (χ1) is 13.6. The van der Waals surface area contributed by atoms with Crippen LogP contribution in [0.3, 0.4) is 0 Å². The Bertz CT molecular complexity index is 1230. The summed E-state index contributed by atoms with van der Waals surface area (Å²) in [6.07, 6.45) is 4.99. The molecule has 0 bridgehead atoms. The van der Waals surface area contributed by atoms with Gasteiger partial charge in [0.1, 0.15) is 27.8 Å². The van der Waals surface area contributed by atoms with Gasteiger partial charge in [0, 0.05) is 12.5 Å². The van der Waals surface area contributed by atoms with Crippen molar-refractivity contribution in [2.75, 3.05) is 7.11 Å². The molecule has 0 fully saturated rings. The van der Waals surface area contributed by atoms with Crippen molar-refractivity contribution in [3.63, 3.8) is 0 Å². The molecule has 0 amide bonds. The zero-order valence-corrected chi connectivity index (χ0v) is 16.0. The van der Waals surface area contributed by atoms with Crippen molar-refractivity contribution >= 4 is 22.1 Å². The predicted octanol–water partition coefficient (Wildman–Crippen LogP) is 3.68. The normalized spacial score (nSPS) is 19.7. The summed E-state index contributed by atoms with van der Waals surface area (Å²) in [5, 5.41) is 19.1. The van der Waals surface area contributed by atoms with E-state index >= 15 is 0 Å². The monoisotopic (exact) mass is 372 g/mol. The molecule has 2 aromatic heterocycles. The van der Waals surface area contributed by atoms with Gasteiger partial charge in [-0.05, 0) is 44.2 Å². The molecule has 2 heterocycles. The number of methoxy groups -OCH3 is 1. The minimum Gasteiger partial charge on any atom is -0.497 e. The fraction of sp³-hybridized carbons (Fsp3) is 0.238. The molecule has 0 spiro atoms. The molecule has 1 atom stereocenters. The fourth-order valence-corrected chi connectivity index (χ4v) is 3.87. The number of hydrogen-bond donors (Lipinski definition) is 0. The zero-order valence-electron chi connectivity index (χ0n) is 16.0. The van der Waals surface area contributed by atoms with Crippen LogP contribution in [0.4, 0.5) is 0 Å². The maximum Gasteiger partial charge on any atom is 0.214 e. The summed E-state index contributed by atoms with van der Waals surface area (Å²) in [7, 11) is 1.65. The second kappa shape index (κ2) is 6.02. The lowest BCUT2D eigenvalue weighted by Gasteiger charge is -2.32. The van der Waals surface area contributed by atoms with E-state index in [4.69, 9.17) is 25.1 Å². The average molecular weight is 372 g/mol. The van der Waals surface area contributed by atoms with Crippen LogP contribution in [0, 0.1) is 0 Å². The van der Waals surface area contributed by atoms with Crippen molar-refractivity contribution in [3.8, 4) is 5.75 Å². The molecule has 7 heteroatoms. The molecule has 0 radical (unpaired) electrons. The summed E-state index contributed by atoms with van der Waals surface area (Å²) in [6.45, 7) is 4.19. The van der Waals surface area contributed by atoms with E-state index in [-0.39, 0.29) is 0 Å². The van der Waals surface area contributed by atoms with Gasteiger partial charge in [-0.1, -0.05) is 29.4 Å². The predicted molar refractivity (Wildman–Crippen MR) is 107 cm³/mol. The number of fused-ring (bicyclic) bond motifs is 2. The van der Waals surface area contributed by atoms with E-state index in [0.29, 0.717) is 6.42 Å². The van der Waals surface area contributed by atoms with Crippen molar-refractivity contribution < 1.29 is 4.74 Å². The first kappa shape index (κ1) is 16.7. The lowest BCUT2D eigenvalue weighted by molar-refractivity contribution is 0.193. The van der Waals surface area contributed by atoms with Gasteiger partial charge in [-0.15, -0.1) is 9.59 Å². The molecule has 0 saturated carbocycles. The summed E-state index contributed by atoms with van der Waals surface area (Å²) in [5.74, 6) is 0.753.